The average Bonchev–Trinajstić information content (AvgIpc) is 3.24. The lowest BCUT2D eigenvalue weighted by molar-refractivity contribution is 0.307. The minimum Gasteiger partial charge on any atom is -0.470 e. The average molecular weight is 430 g/mol. The van der Waals surface area contributed by atoms with Crippen molar-refractivity contribution >= 4 is 17.1 Å². The molecule has 0 fully saturated rings. The van der Waals surface area contributed by atoms with E-state index in [0.717, 1.165) is 5.76 Å². The highest BCUT2D eigenvalue weighted by atomic mass is 16.5. The van der Waals surface area contributed by atoms with Gasteiger partial charge in [-0.1, -0.05) is 66.7 Å². The molecule has 162 valence electrons. The number of benzene rings is 4. The van der Waals surface area contributed by atoms with Crippen molar-refractivity contribution in [2.24, 2.45) is 0 Å². The molecule has 0 bridgehead atoms. The number of nitrogens with zero attached hydrogens (tertiary/aromatic N) is 1. The highest BCUT2D eigenvalue weighted by Gasteiger charge is 2.35. The zero-order valence-electron chi connectivity index (χ0n) is 19.6. The molecule has 6 rings (SSSR count). The van der Waals surface area contributed by atoms with Gasteiger partial charge in [0.2, 0.25) is 0 Å². The van der Waals surface area contributed by atoms with Gasteiger partial charge in [0.15, 0.2) is 12.5 Å². The fourth-order valence-electron chi connectivity index (χ4n) is 5.54. The van der Waals surface area contributed by atoms with Gasteiger partial charge < -0.3 is 9.64 Å². The molecule has 0 aliphatic carbocycles. The van der Waals surface area contributed by atoms with Crippen molar-refractivity contribution < 1.29 is 4.74 Å². The molecule has 0 amide bonds. The first kappa shape index (κ1) is 19.9. The molecule has 0 spiro atoms. The van der Waals surface area contributed by atoms with Gasteiger partial charge in [-0.25, -0.2) is 0 Å². The van der Waals surface area contributed by atoms with Crippen LogP contribution in [-0.4, -0.2) is 6.73 Å². The van der Waals surface area contributed by atoms with Crippen molar-refractivity contribution in [2.75, 3.05) is 11.6 Å². The summed E-state index contributed by atoms with van der Waals surface area (Å²) >= 11 is 0. The zero-order valence-corrected chi connectivity index (χ0v) is 19.6. The summed E-state index contributed by atoms with van der Waals surface area (Å²) < 4.78 is 6.42. The van der Waals surface area contributed by atoms with Gasteiger partial charge >= 0.3 is 0 Å². The Kier molecular flexibility index (Phi) is 4.45. The van der Waals surface area contributed by atoms with Crippen molar-refractivity contribution in [1.29, 1.82) is 0 Å². The molecular formula is C31H27NO. The molecule has 33 heavy (non-hydrogen) atoms. The van der Waals surface area contributed by atoms with Gasteiger partial charge in [0.1, 0.15) is 0 Å². The predicted octanol–water partition coefficient (Wildman–Crippen LogP) is 7.89. The van der Waals surface area contributed by atoms with E-state index in [0.29, 0.717) is 6.73 Å². The second kappa shape index (κ2) is 7.38. The van der Waals surface area contributed by atoms with E-state index < -0.39 is 0 Å². The van der Waals surface area contributed by atoms with Crippen molar-refractivity contribution in [2.45, 2.75) is 27.7 Å². The fraction of sp³-hybridized carbons (Fsp3) is 0.161. The summed E-state index contributed by atoms with van der Waals surface area (Å²) in [6, 6.07) is 28.6. The third-order valence-electron chi connectivity index (χ3n) is 7.06. The molecule has 0 saturated carbocycles. The Bertz CT molecular complexity index is 1420. The molecule has 2 heteroatoms. The van der Waals surface area contributed by atoms with Crippen LogP contribution in [0.4, 0.5) is 5.69 Å². The van der Waals surface area contributed by atoms with Crippen LogP contribution in [0.15, 0.2) is 78.9 Å². The summed E-state index contributed by atoms with van der Waals surface area (Å²) in [5.74, 6) is 0.988. The van der Waals surface area contributed by atoms with Crippen LogP contribution in [0.2, 0.25) is 0 Å². The molecule has 4 aromatic carbocycles. The summed E-state index contributed by atoms with van der Waals surface area (Å²) in [6.07, 6.45) is 0. The maximum Gasteiger partial charge on any atom is 0.165 e. The number of rotatable bonds is 2. The van der Waals surface area contributed by atoms with Crippen LogP contribution in [0.3, 0.4) is 0 Å². The number of hydrogen-bond acceptors (Lipinski definition) is 2. The van der Waals surface area contributed by atoms with Gasteiger partial charge in [0.05, 0.1) is 11.4 Å². The quantitative estimate of drug-likeness (QED) is 0.321. The molecule has 0 unspecified atom stereocenters. The number of ether oxygens (including phenoxy) is 1. The van der Waals surface area contributed by atoms with E-state index in [1.165, 1.54) is 67.0 Å². The summed E-state index contributed by atoms with van der Waals surface area (Å²) in [7, 11) is 0. The molecule has 0 aromatic heterocycles. The Hall–Kier alpha value is -3.78. The minimum atomic E-state index is 0.530. The van der Waals surface area contributed by atoms with Gasteiger partial charge in [0, 0.05) is 16.7 Å². The summed E-state index contributed by atoms with van der Waals surface area (Å²) in [6.45, 7) is 9.26. The fourth-order valence-corrected chi connectivity index (χ4v) is 5.54. The number of anilines is 1. The third-order valence-corrected chi connectivity index (χ3v) is 7.06. The monoisotopic (exact) mass is 429 g/mol. The van der Waals surface area contributed by atoms with Crippen molar-refractivity contribution in [3.8, 4) is 22.3 Å². The lowest BCUT2D eigenvalue weighted by Gasteiger charge is -2.30. The first-order valence-corrected chi connectivity index (χ1v) is 11.6. The van der Waals surface area contributed by atoms with Gasteiger partial charge in [-0.15, -0.1) is 0 Å². The van der Waals surface area contributed by atoms with E-state index in [1.54, 1.807) is 0 Å². The van der Waals surface area contributed by atoms with E-state index in [2.05, 4.69) is 111 Å². The van der Waals surface area contributed by atoms with Crippen LogP contribution in [0, 0.1) is 27.7 Å². The normalized spacial score (nSPS) is 14.0. The first-order valence-electron chi connectivity index (χ1n) is 11.6. The van der Waals surface area contributed by atoms with E-state index in [4.69, 9.17) is 4.74 Å². The SMILES string of the molecule is Cc1cccc(C)c1C1=C2c3ccccc3-c3cc(-c4c(C)cccc4C)ccc3N2CO1. The van der Waals surface area contributed by atoms with E-state index >= 15 is 0 Å². The van der Waals surface area contributed by atoms with Crippen molar-refractivity contribution in [3.05, 3.63) is 112 Å². The second-order valence-corrected chi connectivity index (χ2v) is 9.19. The highest BCUT2D eigenvalue weighted by molar-refractivity contribution is 6.08. The Labute approximate surface area is 195 Å². The van der Waals surface area contributed by atoms with Crippen LogP contribution in [0.5, 0.6) is 0 Å². The molecule has 2 nitrogen and oxygen atoms in total. The lowest BCUT2D eigenvalue weighted by Crippen LogP contribution is -2.22. The van der Waals surface area contributed by atoms with Crippen LogP contribution >= 0.6 is 0 Å². The van der Waals surface area contributed by atoms with Crippen LogP contribution in [0.25, 0.3) is 33.7 Å². The van der Waals surface area contributed by atoms with E-state index in [1.807, 2.05) is 0 Å². The Balaban J connectivity index is 1.60. The molecule has 0 N–H and O–H groups in total. The van der Waals surface area contributed by atoms with Gasteiger partial charge in [-0.3, -0.25) is 0 Å². The predicted molar refractivity (Wildman–Crippen MR) is 138 cm³/mol. The molecule has 2 aliphatic rings. The molecule has 0 saturated heterocycles. The van der Waals surface area contributed by atoms with Crippen LogP contribution in [-0.2, 0) is 4.74 Å². The lowest BCUT2D eigenvalue weighted by atomic mass is 9.86. The number of fused-ring (bicyclic) bond motifs is 6. The number of aryl methyl sites for hydroxylation is 4. The van der Waals surface area contributed by atoms with E-state index in [9.17, 15) is 0 Å². The second-order valence-electron chi connectivity index (χ2n) is 9.19. The molecular weight excluding hydrogens is 402 g/mol. The standard InChI is InChI=1S/C31H27NO/c1-19-9-7-10-20(2)28(19)23-15-16-27-26(17-23)24-13-5-6-14-25(24)30-31(33-18-32(27)30)29-21(3)11-8-12-22(29)4/h5-17H,18H2,1-4H3. The molecule has 4 aromatic rings. The van der Waals surface area contributed by atoms with Crippen molar-refractivity contribution in [1.82, 2.24) is 0 Å². The summed E-state index contributed by atoms with van der Waals surface area (Å²) in [5.41, 5.74) is 15.1. The Morgan fingerprint density at radius 3 is 1.88 bits per heavy atom. The van der Waals surface area contributed by atoms with Crippen LogP contribution in [0.1, 0.15) is 33.4 Å². The van der Waals surface area contributed by atoms with Crippen LogP contribution < -0.4 is 4.90 Å². The Morgan fingerprint density at radius 2 is 1.21 bits per heavy atom. The van der Waals surface area contributed by atoms with Crippen molar-refractivity contribution in [3.63, 3.8) is 0 Å². The molecule has 0 atom stereocenters. The molecule has 2 heterocycles. The largest absolute Gasteiger partial charge is 0.470 e. The topological polar surface area (TPSA) is 12.5 Å². The molecule has 2 aliphatic heterocycles. The summed E-state index contributed by atoms with van der Waals surface area (Å²) in [5, 5.41) is 0. The highest BCUT2D eigenvalue weighted by Crippen LogP contribution is 2.51. The van der Waals surface area contributed by atoms with Gasteiger partial charge in [0.25, 0.3) is 0 Å². The summed E-state index contributed by atoms with van der Waals surface area (Å²) in [4.78, 5) is 2.34. The zero-order chi connectivity index (χ0) is 22.7. The maximum atomic E-state index is 6.42. The first-order chi connectivity index (χ1) is 16.0. The maximum absolute atomic E-state index is 6.42. The van der Waals surface area contributed by atoms with E-state index in [-0.39, 0.29) is 0 Å². The van der Waals surface area contributed by atoms with Gasteiger partial charge in [-0.05, 0) is 78.8 Å². The number of hydrogen-bond donors (Lipinski definition) is 0. The third kappa shape index (κ3) is 2.94. The Morgan fingerprint density at radius 1 is 0.606 bits per heavy atom. The molecule has 0 radical (unpaired) electrons. The van der Waals surface area contributed by atoms with Gasteiger partial charge in [-0.2, -0.15) is 0 Å². The minimum absolute atomic E-state index is 0.530. The smallest absolute Gasteiger partial charge is 0.165 e.